The van der Waals surface area contributed by atoms with Crippen LogP contribution in [-0.2, 0) is 10.0 Å². The number of H-pyrrole nitrogens is 1. The lowest BCUT2D eigenvalue weighted by atomic mass is 10.2. The third-order valence-electron chi connectivity index (χ3n) is 3.72. The Morgan fingerprint density at radius 3 is 2.15 bits per heavy atom. The number of fused-ring (bicyclic) bond motifs is 1. The fourth-order valence-corrected chi connectivity index (χ4v) is 3.85. The fraction of sp³-hybridized carbons (Fsp3) is 0.125. The monoisotopic (exact) mass is 396 g/mol. The first-order valence-electron chi connectivity index (χ1n) is 7.22. The second kappa shape index (κ2) is 6.50. The molecule has 0 fully saturated rings. The van der Waals surface area contributed by atoms with Gasteiger partial charge in [0.15, 0.2) is 11.5 Å². The number of methoxy groups -OCH3 is 2. The third-order valence-corrected chi connectivity index (χ3v) is 5.65. The van der Waals surface area contributed by atoms with Gasteiger partial charge in [-0.2, -0.15) is 0 Å². The lowest BCUT2D eigenvalue weighted by molar-refractivity contribution is 0.355. The number of nitrogens with zero attached hydrogens (tertiary/aromatic N) is 1. The van der Waals surface area contributed by atoms with Gasteiger partial charge in [0.05, 0.1) is 30.0 Å². The summed E-state index contributed by atoms with van der Waals surface area (Å²) in [7, 11) is -1.64. The van der Waals surface area contributed by atoms with Crippen LogP contribution in [0.5, 0.6) is 11.5 Å². The number of ether oxygens (including phenoxy) is 2. The minimum atomic E-state index is -4.41. The van der Waals surface area contributed by atoms with Crippen molar-refractivity contribution in [3.63, 3.8) is 0 Å². The molecule has 1 heterocycles. The van der Waals surface area contributed by atoms with Gasteiger partial charge in [-0.1, -0.05) is 11.6 Å². The maximum Gasteiger partial charge on any atom is 0.343 e. The van der Waals surface area contributed by atoms with E-state index < -0.39 is 21.3 Å². The van der Waals surface area contributed by atoms with E-state index in [1.165, 1.54) is 50.6 Å². The summed E-state index contributed by atoms with van der Waals surface area (Å²) in [5, 5.41) is 0.278. The molecule has 26 heavy (non-hydrogen) atoms. The minimum Gasteiger partial charge on any atom is -0.493 e. The lowest BCUT2D eigenvalue weighted by Crippen LogP contribution is -2.40. The van der Waals surface area contributed by atoms with Crippen molar-refractivity contribution in [1.82, 2.24) is 8.96 Å². The molecule has 136 valence electrons. The molecule has 1 aromatic heterocycles. The maximum atomic E-state index is 12.8. The Labute approximate surface area is 152 Å². The SMILES string of the molecule is COc1cc2[nH]c(=O)n(S(=O)(=O)c3ccc(Cl)cc3)c(=O)c2cc1OC. The van der Waals surface area contributed by atoms with E-state index in [1.54, 1.807) is 0 Å². The summed E-state index contributed by atoms with van der Waals surface area (Å²) in [4.78, 5) is 27.2. The predicted molar refractivity (Wildman–Crippen MR) is 96.0 cm³/mol. The van der Waals surface area contributed by atoms with Crippen molar-refractivity contribution >= 4 is 32.5 Å². The Balaban J connectivity index is 2.35. The molecule has 2 aromatic carbocycles. The number of benzene rings is 2. The molecule has 0 saturated heterocycles. The van der Waals surface area contributed by atoms with Gasteiger partial charge >= 0.3 is 5.69 Å². The summed E-state index contributed by atoms with van der Waals surface area (Å²) in [5.74, 6) is 0.507. The first-order valence-corrected chi connectivity index (χ1v) is 9.03. The Bertz CT molecular complexity index is 1210. The second-order valence-electron chi connectivity index (χ2n) is 5.21. The van der Waals surface area contributed by atoms with Gasteiger partial charge in [-0.3, -0.25) is 4.79 Å². The van der Waals surface area contributed by atoms with E-state index in [0.29, 0.717) is 5.02 Å². The molecular weight excluding hydrogens is 384 g/mol. The van der Waals surface area contributed by atoms with E-state index in [1.807, 2.05) is 0 Å². The minimum absolute atomic E-state index is 0.0419. The van der Waals surface area contributed by atoms with Gasteiger partial charge in [0.25, 0.3) is 15.6 Å². The molecular formula is C16H13ClN2O6S. The van der Waals surface area contributed by atoms with Gasteiger partial charge in [0.2, 0.25) is 0 Å². The highest BCUT2D eigenvalue weighted by molar-refractivity contribution is 7.90. The molecule has 10 heteroatoms. The first kappa shape index (κ1) is 18.0. The molecule has 1 N–H and O–H groups in total. The standard InChI is InChI=1S/C16H13ClN2O6S/c1-24-13-7-11-12(8-14(13)25-2)18-16(21)19(15(11)20)26(22,23)10-5-3-9(17)4-6-10/h3-8H,1-2H3,(H,18,21). The molecule has 0 unspecified atom stereocenters. The van der Waals surface area contributed by atoms with Crippen molar-refractivity contribution in [3.05, 3.63) is 62.3 Å². The number of rotatable bonds is 4. The van der Waals surface area contributed by atoms with Gasteiger partial charge in [-0.05, 0) is 30.3 Å². The highest BCUT2D eigenvalue weighted by Crippen LogP contribution is 2.29. The normalized spacial score (nSPS) is 11.5. The number of aromatic nitrogens is 2. The van der Waals surface area contributed by atoms with Crippen LogP contribution in [0.3, 0.4) is 0 Å². The van der Waals surface area contributed by atoms with Crippen LogP contribution in [0.15, 0.2) is 50.9 Å². The summed E-state index contributed by atoms with van der Waals surface area (Å²) in [5.41, 5.74) is -1.97. The molecule has 0 aliphatic heterocycles. The van der Waals surface area contributed by atoms with Crippen LogP contribution >= 0.6 is 11.6 Å². The number of hydrogen-bond donors (Lipinski definition) is 1. The average Bonchev–Trinajstić information content (AvgIpc) is 2.60. The molecule has 0 aliphatic rings. The summed E-state index contributed by atoms with van der Waals surface area (Å²) in [6, 6.07) is 7.81. The van der Waals surface area contributed by atoms with E-state index in [2.05, 4.69) is 4.98 Å². The zero-order valence-electron chi connectivity index (χ0n) is 13.6. The summed E-state index contributed by atoms with van der Waals surface area (Å²) in [6.07, 6.45) is 0. The molecule has 3 rings (SSSR count). The average molecular weight is 397 g/mol. The lowest BCUT2D eigenvalue weighted by Gasteiger charge is -2.11. The van der Waals surface area contributed by atoms with Crippen LogP contribution in [0.2, 0.25) is 5.02 Å². The number of nitrogens with one attached hydrogen (secondary N) is 1. The van der Waals surface area contributed by atoms with Crippen molar-refractivity contribution in [1.29, 1.82) is 0 Å². The number of halogens is 1. The highest BCUT2D eigenvalue weighted by atomic mass is 35.5. The largest absolute Gasteiger partial charge is 0.493 e. The molecule has 8 nitrogen and oxygen atoms in total. The van der Waals surface area contributed by atoms with Crippen LogP contribution < -0.4 is 20.7 Å². The van der Waals surface area contributed by atoms with E-state index in [9.17, 15) is 18.0 Å². The molecule has 0 amide bonds. The van der Waals surface area contributed by atoms with Crippen molar-refractivity contribution in [2.45, 2.75) is 4.90 Å². The van der Waals surface area contributed by atoms with Gasteiger partial charge < -0.3 is 14.5 Å². The van der Waals surface area contributed by atoms with Crippen LogP contribution in [0.1, 0.15) is 0 Å². The molecule has 0 radical (unpaired) electrons. The zero-order valence-corrected chi connectivity index (χ0v) is 15.2. The molecule has 0 bridgehead atoms. The summed E-state index contributed by atoms with van der Waals surface area (Å²) < 4.78 is 35.9. The molecule has 0 spiro atoms. The molecule has 0 saturated carbocycles. The van der Waals surface area contributed by atoms with Crippen molar-refractivity contribution in [2.75, 3.05) is 14.2 Å². The summed E-state index contributed by atoms with van der Waals surface area (Å²) >= 11 is 5.75. The van der Waals surface area contributed by atoms with Gasteiger partial charge in [-0.15, -0.1) is 3.97 Å². The quantitative estimate of drug-likeness (QED) is 0.717. The van der Waals surface area contributed by atoms with E-state index in [4.69, 9.17) is 21.1 Å². The van der Waals surface area contributed by atoms with Crippen LogP contribution in [0.4, 0.5) is 0 Å². The Kier molecular flexibility index (Phi) is 4.51. The summed E-state index contributed by atoms with van der Waals surface area (Å²) in [6.45, 7) is 0. The van der Waals surface area contributed by atoms with Crippen molar-refractivity contribution in [3.8, 4) is 11.5 Å². The van der Waals surface area contributed by atoms with E-state index in [-0.39, 0.29) is 31.3 Å². The molecule has 0 atom stereocenters. The predicted octanol–water partition coefficient (Wildman–Crippen LogP) is 1.60. The van der Waals surface area contributed by atoms with Gasteiger partial charge in [0, 0.05) is 11.1 Å². The fourth-order valence-electron chi connectivity index (χ4n) is 2.46. The topological polar surface area (TPSA) is 107 Å². The van der Waals surface area contributed by atoms with Gasteiger partial charge in [-0.25, -0.2) is 13.2 Å². The smallest absolute Gasteiger partial charge is 0.343 e. The van der Waals surface area contributed by atoms with Crippen LogP contribution in [0, 0.1) is 0 Å². The number of hydrogen-bond acceptors (Lipinski definition) is 6. The molecule has 0 aliphatic carbocycles. The Morgan fingerprint density at radius 1 is 1.00 bits per heavy atom. The maximum absolute atomic E-state index is 12.8. The Morgan fingerprint density at radius 2 is 1.58 bits per heavy atom. The van der Waals surface area contributed by atoms with Crippen LogP contribution in [0.25, 0.3) is 10.9 Å². The van der Waals surface area contributed by atoms with Crippen molar-refractivity contribution < 1.29 is 17.9 Å². The molecule has 3 aromatic rings. The third kappa shape index (κ3) is 2.85. The second-order valence-corrected chi connectivity index (χ2v) is 7.43. The van der Waals surface area contributed by atoms with E-state index >= 15 is 0 Å². The van der Waals surface area contributed by atoms with Crippen molar-refractivity contribution in [2.24, 2.45) is 0 Å². The number of aromatic amines is 1. The van der Waals surface area contributed by atoms with Crippen LogP contribution in [-0.4, -0.2) is 31.6 Å². The highest BCUT2D eigenvalue weighted by Gasteiger charge is 2.24. The van der Waals surface area contributed by atoms with E-state index in [0.717, 1.165) is 0 Å². The van der Waals surface area contributed by atoms with Gasteiger partial charge in [0.1, 0.15) is 0 Å². The Hall–Kier alpha value is -2.78. The first-order chi connectivity index (χ1) is 12.3. The zero-order chi connectivity index (χ0) is 19.1.